The molecule has 100 valence electrons. The van der Waals surface area contributed by atoms with Crippen LogP contribution in [0.15, 0.2) is 24.3 Å². The zero-order chi connectivity index (χ0) is 13.1. The molecule has 0 aliphatic carbocycles. The Bertz CT molecular complexity index is 385. The van der Waals surface area contributed by atoms with Crippen molar-refractivity contribution >= 4 is 28.9 Å². The third-order valence-corrected chi connectivity index (χ3v) is 3.92. The van der Waals surface area contributed by atoms with Crippen molar-refractivity contribution < 1.29 is 5.11 Å². The molecule has 0 aromatic heterocycles. The van der Waals surface area contributed by atoms with Crippen molar-refractivity contribution in [1.29, 1.82) is 0 Å². The Kier molecular flexibility index (Phi) is 4.73. The minimum absolute atomic E-state index is 0.255. The maximum absolute atomic E-state index is 9.80. The van der Waals surface area contributed by atoms with Crippen molar-refractivity contribution in [3.63, 3.8) is 0 Å². The van der Waals surface area contributed by atoms with Gasteiger partial charge in [0, 0.05) is 36.4 Å². The number of aliphatic hydroxyl groups excluding tert-OH is 1. The van der Waals surface area contributed by atoms with Crippen LogP contribution in [0.25, 0.3) is 0 Å². The van der Waals surface area contributed by atoms with Crippen LogP contribution in [0, 0.1) is 0 Å². The van der Waals surface area contributed by atoms with Gasteiger partial charge in [0.1, 0.15) is 6.23 Å². The molecule has 1 saturated heterocycles. The van der Waals surface area contributed by atoms with Gasteiger partial charge in [0.15, 0.2) is 0 Å². The summed E-state index contributed by atoms with van der Waals surface area (Å²) in [6.45, 7) is 4.70. The molecule has 0 saturated carbocycles. The number of halogens is 2. The van der Waals surface area contributed by atoms with E-state index in [4.69, 9.17) is 23.2 Å². The molecule has 0 radical (unpaired) electrons. The molecule has 1 fully saturated rings. The zero-order valence-electron chi connectivity index (χ0n) is 10.4. The van der Waals surface area contributed by atoms with Gasteiger partial charge in [-0.2, -0.15) is 0 Å². The summed E-state index contributed by atoms with van der Waals surface area (Å²) in [4.78, 5) is 4.35. The van der Waals surface area contributed by atoms with E-state index in [-0.39, 0.29) is 11.9 Å². The van der Waals surface area contributed by atoms with Crippen molar-refractivity contribution in [2.75, 3.05) is 30.4 Å². The first-order valence-corrected chi connectivity index (χ1v) is 7.03. The van der Waals surface area contributed by atoms with Gasteiger partial charge >= 0.3 is 0 Å². The Balaban J connectivity index is 2.01. The van der Waals surface area contributed by atoms with Gasteiger partial charge in [0.25, 0.3) is 0 Å². The van der Waals surface area contributed by atoms with Crippen LogP contribution in [-0.2, 0) is 0 Å². The Morgan fingerprint density at radius 3 is 2.56 bits per heavy atom. The van der Waals surface area contributed by atoms with Crippen molar-refractivity contribution in [3.8, 4) is 0 Å². The number of hydrogen-bond donors (Lipinski definition) is 1. The molecule has 5 heteroatoms. The van der Waals surface area contributed by atoms with Crippen LogP contribution in [0.5, 0.6) is 0 Å². The topological polar surface area (TPSA) is 26.7 Å². The van der Waals surface area contributed by atoms with Crippen LogP contribution < -0.4 is 4.90 Å². The molecule has 0 bridgehead atoms. The average molecular weight is 289 g/mol. The van der Waals surface area contributed by atoms with E-state index in [1.165, 1.54) is 5.69 Å². The highest BCUT2D eigenvalue weighted by Gasteiger charge is 2.27. The summed E-state index contributed by atoms with van der Waals surface area (Å²) in [5.74, 6) is 0.255. The van der Waals surface area contributed by atoms with Gasteiger partial charge < -0.3 is 10.0 Å². The molecule has 18 heavy (non-hydrogen) atoms. The molecule has 1 aromatic rings. The fraction of sp³-hybridized carbons (Fsp3) is 0.538. The first-order chi connectivity index (χ1) is 8.61. The second-order valence-corrected chi connectivity index (χ2v) is 5.39. The summed E-state index contributed by atoms with van der Waals surface area (Å²) in [6.07, 6.45) is -0.547. The van der Waals surface area contributed by atoms with Crippen LogP contribution in [0.3, 0.4) is 0 Å². The molecule has 1 aliphatic heterocycles. The largest absolute Gasteiger partial charge is 0.377 e. The minimum atomic E-state index is -0.547. The first-order valence-electron chi connectivity index (χ1n) is 6.12. The van der Waals surface area contributed by atoms with Crippen LogP contribution >= 0.6 is 23.2 Å². The smallest absolute Gasteiger partial charge is 0.121 e. The summed E-state index contributed by atoms with van der Waals surface area (Å²) in [5, 5.41) is 10.6. The number of piperazine rings is 1. The Hall–Kier alpha value is -0.480. The van der Waals surface area contributed by atoms with E-state index in [2.05, 4.69) is 11.8 Å². The van der Waals surface area contributed by atoms with Gasteiger partial charge in [-0.05, 0) is 31.2 Å². The number of aliphatic hydroxyl groups is 1. The number of benzene rings is 1. The second kappa shape index (κ2) is 6.11. The molecule has 1 N–H and O–H groups in total. The van der Waals surface area contributed by atoms with Gasteiger partial charge in [-0.1, -0.05) is 11.6 Å². The first kappa shape index (κ1) is 13.9. The van der Waals surface area contributed by atoms with Gasteiger partial charge in [0.05, 0.1) is 5.88 Å². The van der Waals surface area contributed by atoms with E-state index in [9.17, 15) is 5.11 Å². The lowest BCUT2D eigenvalue weighted by molar-refractivity contribution is -0.00942. The number of nitrogens with zero attached hydrogens (tertiary/aromatic N) is 2. The Labute approximate surface area is 118 Å². The van der Waals surface area contributed by atoms with Crippen molar-refractivity contribution in [3.05, 3.63) is 29.3 Å². The van der Waals surface area contributed by atoms with Crippen molar-refractivity contribution in [1.82, 2.24) is 4.90 Å². The van der Waals surface area contributed by atoms with Crippen molar-refractivity contribution in [2.24, 2.45) is 0 Å². The predicted molar refractivity (Wildman–Crippen MR) is 76.6 cm³/mol. The van der Waals surface area contributed by atoms with E-state index in [1.54, 1.807) is 0 Å². The SMILES string of the molecule is C[C@H]1CN(c2ccc(Cl)cc2)CCN1C(O)CCl. The van der Waals surface area contributed by atoms with Crippen molar-refractivity contribution in [2.45, 2.75) is 19.2 Å². The van der Waals surface area contributed by atoms with E-state index >= 15 is 0 Å². The number of alkyl halides is 1. The van der Waals surface area contributed by atoms with E-state index in [1.807, 2.05) is 29.2 Å². The molecule has 3 nitrogen and oxygen atoms in total. The summed E-state index contributed by atoms with van der Waals surface area (Å²) in [5.41, 5.74) is 1.17. The molecule has 1 aliphatic rings. The van der Waals surface area contributed by atoms with Crippen LogP contribution in [0.4, 0.5) is 5.69 Å². The number of rotatable bonds is 3. The summed E-state index contributed by atoms with van der Waals surface area (Å²) < 4.78 is 0. The lowest BCUT2D eigenvalue weighted by Crippen LogP contribution is -2.56. The van der Waals surface area contributed by atoms with Gasteiger partial charge in [0.2, 0.25) is 0 Å². The van der Waals surface area contributed by atoms with Crippen LogP contribution in [0.2, 0.25) is 5.02 Å². The highest BCUT2D eigenvalue weighted by molar-refractivity contribution is 6.30. The molecule has 1 heterocycles. The molecule has 0 amide bonds. The van der Waals surface area contributed by atoms with E-state index < -0.39 is 6.23 Å². The second-order valence-electron chi connectivity index (χ2n) is 4.64. The predicted octanol–water partition coefficient (Wildman–Crippen LogP) is 2.41. The van der Waals surface area contributed by atoms with Crippen LogP contribution in [0.1, 0.15) is 6.92 Å². The summed E-state index contributed by atoms with van der Waals surface area (Å²) in [6, 6.07) is 8.15. The minimum Gasteiger partial charge on any atom is -0.377 e. The molecule has 0 spiro atoms. The van der Waals surface area contributed by atoms with E-state index in [0.29, 0.717) is 0 Å². The fourth-order valence-corrected chi connectivity index (χ4v) is 2.69. The Morgan fingerprint density at radius 1 is 1.33 bits per heavy atom. The van der Waals surface area contributed by atoms with E-state index in [0.717, 1.165) is 24.7 Å². The fourth-order valence-electron chi connectivity index (χ4n) is 2.39. The van der Waals surface area contributed by atoms with Gasteiger partial charge in [-0.3, -0.25) is 4.90 Å². The maximum atomic E-state index is 9.80. The zero-order valence-corrected chi connectivity index (χ0v) is 11.9. The molecular formula is C13H18Cl2N2O. The standard InChI is InChI=1S/C13H18Cl2N2O/c1-10-9-16(6-7-17(10)13(18)8-14)12-4-2-11(15)3-5-12/h2-5,10,13,18H,6-9H2,1H3/t10-,13?/m0/s1. The molecular weight excluding hydrogens is 271 g/mol. The number of anilines is 1. The normalized spacial score (nSPS) is 23.1. The lowest BCUT2D eigenvalue weighted by Gasteiger charge is -2.42. The van der Waals surface area contributed by atoms with Gasteiger partial charge in [-0.25, -0.2) is 0 Å². The monoisotopic (exact) mass is 288 g/mol. The summed E-state index contributed by atoms with van der Waals surface area (Å²) >= 11 is 11.6. The molecule has 2 rings (SSSR count). The third kappa shape index (κ3) is 3.09. The van der Waals surface area contributed by atoms with Gasteiger partial charge in [-0.15, -0.1) is 11.6 Å². The maximum Gasteiger partial charge on any atom is 0.121 e. The Morgan fingerprint density at radius 2 is 2.00 bits per heavy atom. The quantitative estimate of drug-likeness (QED) is 0.866. The molecule has 1 unspecified atom stereocenters. The molecule has 1 aromatic carbocycles. The highest BCUT2D eigenvalue weighted by atomic mass is 35.5. The summed E-state index contributed by atoms with van der Waals surface area (Å²) in [7, 11) is 0. The number of hydrogen-bond acceptors (Lipinski definition) is 3. The lowest BCUT2D eigenvalue weighted by atomic mass is 10.1. The third-order valence-electron chi connectivity index (χ3n) is 3.39. The van der Waals surface area contributed by atoms with Crippen LogP contribution in [-0.4, -0.2) is 47.8 Å². The highest BCUT2D eigenvalue weighted by Crippen LogP contribution is 2.22. The average Bonchev–Trinajstić information content (AvgIpc) is 2.38. The molecule has 2 atom stereocenters.